The summed E-state index contributed by atoms with van der Waals surface area (Å²) in [4.78, 5) is 36.0. The number of phenolic OH excluding ortho intramolecular Hbond substituents is 1. The van der Waals surface area contributed by atoms with E-state index in [-0.39, 0.29) is 12.2 Å². The molecule has 0 spiro atoms. The Labute approximate surface area is 152 Å². The lowest BCUT2D eigenvalue weighted by molar-refractivity contribution is -0.145. The van der Waals surface area contributed by atoms with Gasteiger partial charge in [0.25, 0.3) is 0 Å². The molecule has 1 aromatic carbocycles. The van der Waals surface area contributed by atoms with E-state index in [4.69, 9.17) is 9.47 Å². The van der Waals surface area contributed by atoms with Gasteiger partial charge in [-0.3, -0.25) is 4.79 Å². The van der Waals surface area contributed by atoms with Crippen molar-refractivity contribution in [1.82, 2.24) is 10.6 Å². The molecule has 2 amide bonds. The number of rotatable bonds is 6. The second-order valence-electron chi connectivity index (χ2n) is 6.82. The van der Waals surface area contributed by atoms with E-state index in [0.717, 1.165) is 5.56 Å². The number of aromatic hydroxyl groups is 1. The number of nitrogens with one attached hydrogen (secondary N) is 2. The van der Waals surface area contributed by atoms with E-state index in [1.807, 2.05) is 0 Å². The number of amides is 2. The van der Waals surface area contributed by atoms with Gasteiger partial charge in [0.15, 0.2) is 0 Å². The van der Waals surface area contributed by atoms with Crippen LogP contribution in [0.1, 0.15) is 33.3 Å². The summed E-state index contributed by atoms with van der Waals surface area (Å²) in [5, 5.41) is 14.3. The van der Waals surface area contributed by atoms with Crippen LogP contribution in [-0.4, -0.2) is 47.9 Å². The lowest BCUT2D eigenvalue weighted by Crippen LogP contribution is -2.51. The van der Waals surface area contributed by atoms with Crippen LogP contribution < -0.4 is 10.6 Å². The summed E-state index contributed by atoms with van der Waals surface area (Å²) in [6.07, 6.45) is -0.550. The predicted molar refractivity (Wildman–Crippen MR) is 94.6 cm³/mol. The number of methoxy groups -OCH3 is 1. The Hall–Kier alpha value is -2.77. The quantitative estimate of drug-likeness (QED) is 0.658. The molecule has 1 rings (SSSR count). The average Bonchev–Trinajstić information content (AvgIpc) is 2.53. The van der Waals surface area contributed by atoms with Gasteiger partial charge in [0, 0.05) is 6.42 Å². The number of carbonyl (C=O) groups excluding carboxylic acids is 3. The van der Waals surface area contributed by atoms with Crippen LogP contribution >= 0.6 is 0 Å². The first-order valence-corrected chi connectivity index (χ1v) is 8.17. The highest BCUT2D eigenvalue weighted by Crippen LogP contribution is 2.12. The highest BCUT2D eigenvalue weighted by atomic mass is 16.6. The van der Waals surface area contributed by atoms with Crippen LogP contribution in [0.3, 0.4) is 0 Å². The maximum Gasteiger partial charge on any atom is 0.408 e. The predicted octanol–water partition coefficient (Wildman–Crippen LogP) is 1.51. The van der Waals surface area contributed by atoms with Crippen molar-refractivity contribution in [2.24, 2.45) is 0 Å². The van der Waals surface area contributed by atoms with Gasteiger partial charge in [-0.25, -0.2) is 9.59 Å². The van der Waals surface area contributed by atoms with E-state index < -0.39 is 35.7 Å². The van der Waals surface area contributed by atoms with Crippen LogP contribution in [0.5, 0.6) is 5.75 Å². The number of benzene rings is 1. The van der Waals surface area contributed by atoms with Gasteiger partial charge in [0.1, 0.15) is 23.4 Å². The zero-order chi connectivity index (χ0) is 19.9. The normalized spacial score (nSPS) is 13.3. The second kappa shape index (κ2) is 9.07. The van der Waals surface area contributed by atoms with E-state index in [1.54, 1.807) is 32.9 Å². The van der Waals surface area contributed by atoms with E-state index in [2.05, 4.69) is 10.6 Å². The maximum absolute atomic E-state index is 12.3. The van der Waals surface area contributed by atoms with E-state index in [1.165, 1.54) is 26.2 Å². The maximum atomic E-state index is 12.3. The molecule has 0 saturated heterocycles. The molecule has 0 aromatic heterocycles. The van der Waals surface area contributed by atoms with Crippen molar-refractivity contribution in [1.29, 1.82) is 0 Å². The third-order valence-electron chi connectivity index (χ3n) is 3.30. The van der Waals surface area contributed by atoms with Crippen molar-refractivity contribution < 1.29 is 29.0 Å². The van der Waals surface area contributed by atoms with E-state index in [0.29, 0.717) is 0 Å². The number of phenols is 1. The number of esters is 1. The molecule has 0 aliphatic heterocycles. The molecule has 26 heavy (non-hydrogen) atoms. The molecule has 0 saturated carbocycles. The first kappa shape index (κ1) is 21.3. The van der Waals surface area contributed by atoms with Gasteiger partial charge in [-0.1, -0.05) is 12.1 Å². The summed E-state index contributed by atoms with van der Waals surface area (Å²) in [6, 6.07) is 4.41. The van der Waals surface area contributed by atoms with Crippen molar-refractivity contribution in [3.63, 3.8) is 0 Å². The molecule has 0 bridgehead atoms. The van der Waals surface area contributed by atoms with Gasteiger partial charge in [-0.2, -0.15) is 0 Å². The molecule has 2 atom stereocenters. The first-order valence-electron chi connectivity index (χ1n) is 8.17. The third-order valence-corrected chi connectivity index (χ3v) is 3.30. The Balaban J connectivity index is 2.71. The Kier molecular flexibility index (Phi) is 7.42. The topological polar surface area (TPSA) is 114 Å². The Morgan fingerprint density at radius 1 is 1.12 bits per heavy atom. The molecule has 0 heterocycles. The van der Waals surface area contributed by atoms with Crippen LogP contribution in [0.15, 0.2) is 24.3 Å². The van der Waals surface area contributed by atoms with Crippen molar-refractivity contribution >= 4 is 18.0 Å². The fourth-order valence-electron chi connectivity index (χ4n) is 2.05. The summed E-state index contributed by atoms with van der Waals surface area (Å²) in [6.45, 7) is 6.61. The van der Waals surface area contributed by atoms with Gasteiger partial charge < -0.3 is 25.2 Å². The molecule has 3 N–H and O–H groups in total. The second-order valence-corrected chi connectivity index (χ2v) is 6.82. The lowest BCUT2D eigenvalue weighted by atomic mass is 10.1. The molecule has 8 heteroatoms. The molecule has 0 radical (unpaired) electrons. The van der Waals surface area contributed by atoms with Crippen molar-refractivity contribution in [3.8, 4) is 5.75 Å². The number of ether oxygens (including phenoxy) is 2. The number of carbonyl (C=O) groups is 3. The fourth-order valence-corrected chi connectivity index (χ4v) is 2.05. The van der Waals surface area contributed by atoms with Gasteiger partial charge in [0.05, 0.1) is 7.11 Å². The van der Waals surface area contributed by atoms with Gasteiger partial charge in [-0.15, -0.1) is 0 Å². The SMILES string of the molecule is COC(=O)C(Cc1ccc(O)cc1)NC(=O)C(C)NC(=O)OC(C)(C)C. The zero-order valence-corrected chi connectivity index (χ0v) is 15.7. The molecule has 0 aliphatic carbocycles. The largest absolute Gasteiger partial charge is 0.508 e. The first-order chi connectivity index (χ1) is 12.0. The third kappa shape index (κ3) is 7.42. The molecule has 0 fully saturated rings. The minimum Gasteiger partial charge on any atom is -0.508 e. The minimum atomic E-state index is -0.931. The van der Waals surface area contributed by atoms with Gasteiger partial charge in [0.2, 0.25) is 5.91 Å². The van der Waals surface area contributed by atoms with Crippen LogP contribution in [0.4, 0.5) is 4.79 Å². The van der Waals surface area contributed by atoms with Crippen LogP contribution in [0.25, 0.3) is 0 Å². The van der Waals surface area contributed by atoms with E-state index >= 15 is 0 Å². The van der Waals surface area contributed by atoms with Crippen molar-refractivity contribution in [3.05, 3.63) is 29.8 Å². The van der Waals surface area contributed by atoms with Crippen molar-refractivity contribution in [2.75, 3.05) is 7.11 Å². The van der Waals surface area contributed by atoms with Gasteiger partial charge >= 0.3 is 12.1 Å². The summed E-state index contributed by atoms with van der Waals surface area (Å²) in [5.74, 6) is -1.07. The smallest absolute Gasteiger partial charge is 0.408 e. The number of alkyl carbamates (subject to hydrolysis) is 1. The lowest BCUT2D eigenvalue weighted by Gasteiger charge is -2.23. The number of hydrogen-bond acceptors (Lipinski definition) is 6. The number of hydrogen-bond donors (Lipinski definition) is 3. The highest BCUT2D eigenvalue weighted by Gasteiger charge is 2.26. The van der Waals surface area contributed by atoms with Crippen LogP contribution in [-0.2, 0) is 25.5 Å². The summed E-state index contributed by atoms with van der Waals surface area (Å²) in [7, 11) is 1.22. The zero-order valence-electron chi connectivity index (χ0n) is 15.7. The monoisotopic (exact) mass is 366 g/mol. The minimum absolute atomic E-state index is 0.0996. The molecule has 1 aromatic rings. The highest BCUT2D eigenvalue weighted by molar-refractivity contribution is 5.89. The molecule has 144 valence electrons. The summed E-state index contributed by atoms with van der Waals surface area (Å²) >= 11 is 0. The summed E-state index contributed by atoms with van der Waals surface area (Å²) in [5.41, 5.74) is 0.0412. The van der Waals surface area contributed by atoms with Crippen LogP contribution in [0, 0.1) is 0 Å². The Bertz CT molecular complexity index is 636. The average molecular weight is 366 g/mol. The fraction of sp³-hybridized carbons (Fsp3) is 0.500. The van der Waals surface area contributed by atoms with Crippen LogP contribution in [0.2, 0.25) is 0 Å². The van der Waals surface area contributed by atoms with E-state index in [9.17, 15) is 19.5 Å². The molecule has 8 nitrogen and oxygen atoms in total. The van der Waals surface area contributed by atoms with Gasteiger partial charge in [-0.05, 0) is 45.4 Å². The van der Waals surface area contributed by atoms with Crippen molar-refractivity contribution in [2.45, 2.75) is 51.8 Å². The molecule has 0 aliphatic rings. The Morgan fingerprint density at radius 3 is 2.19 bits per heavy atom. The Morgan fingerprint density at radius 2 is 1.69 bits per heavy atom. The molecular formula is C18H26N2O6. The molecule has 2 unspecified atom stereocenters. The summed E-state index contributed by atoms with van der Waals surface area (Å²) < 4.78 is 9.81. The molecular weight excluding hydrogens is 340 g/mol. The standard InChI is InChI=1S/C18H26N2O6/c1-11(19-17(24)26-18(2,3)4)15(22)20-14(16(23)25-5)10-12-6-8-13(21)9-7-12/h6-9,11,14,21H,10H2,1-5H3,(H,19,24)(H,20,22).